The summed E-state index contributed by atoms with van der Waals surface area (Å²) in [6.45, 7) is 1.58. The molecule has 1 saturated heterocycles. The van der Waals surface area contributed by atoms with Crippen LogP contribution in [0.1, 0.15) is 47.9 Å². The number of allylic oxidation sites excluding steroid dienone is 1. The second kappa shape index (κ2) is 8.29. The van der Waals surface area contributed by atoms with E-state index in [0.717, 1.165) is 70.3 Å². The van der Waals surface area contributed by atoms with Crippen molar-refractivity contribution in [2.45, 2.75) is 51.4 Å². The van der Waals surface area contributed by atoms with E-state index in [2.05, 4.69) is 20.5 Å². The van der Waals surface area contributed by atoms with Gasteiger partial charge in [0.15, 0.2) is 9.92 Å². The fourth-order valence-corrected chi connectivity index (χ4v) is 6.85. The number of nitrogens with zero attached hydrogens (tertiary/aromatic N) is 2. The van der Waals surface area contributed by atoms with E-state index >= 15 is 0 Å². The number of carbonyl (C=O) groups excluding carboxylic acids is 1. The molecular weight excluding hydrogens is 412 g/mol. The van der Waals surface area contributed by atoms with E-state index in [1.165, 1.54) is 27.7 Å². The van der Waals surface area contributed by atoms with E-state index in [1.807, 2.05) is 6.08 Å². The third-order valence-corrected chi connectivity index (χ3v) is 8.56. The average Bonchev–Trinajstić information content (AvgIpc) is 3.49. The number of fused-ring (bicyclic) bond motifs is 3. The van der Waals surface area contributed by atoms with E-state index in [9.17, 15) is 9.00 Å². The largest absolute Gasteiger partial charge is 0.381 e. The normalized spacial score (nSPS) is 27.9. The van der Waals surface area contributed by atoms with Gasteiger partial charge in [0.05, 0.1) is 0 Å². The summed E-state index contributed by atoms with van der Waals surface area (Å²) in [6, 6.07) is 1.73. The van der Waals surface area contributed by atoms with Gasteiger partial charge < -0.3 is 10.1 Å². The third kappa shape index (κ3) is 4.09. The lowest BCUT2D eigenvalue weighted by Gasteiger charge is -2.17. The molecule has 8 heteroatoms. The van der Waals surface area contributed by atoms with Crippen LogP contribution in [0.15, 0.2) is 21.9 Å². The number of urea groups is 1. The van der Waals surface area contributed by atoms with Gasteiger partial charge in [0.25, 0.3) is 0 Å². The summed E-state index contributed by atoms with van der Waals surface area (Å²) in [4.78, 5) is 12.8. The van der Waals surface area contributed by atoms with Crippen LogP contribution < -0.4 is 10.0 Å². The van der Waals surface area contributed by atoms with Gasteiger partial charge in [-0.2, -0.15) is 5.26 Å². The first-order valence-electron chi connectivity index (χ1n) is 11.2. The summed E-state index contributed by atoms with van der Waals surface area (Å²) in [5, 5.41) is 13.5. The fraction of sp³-hybridized carbons (Fsp3) is 0.565. The number of carbonyl (C=O) groups is 1. The minimum Gasteiger partial charge on any atom is -0.381 e. The van der Waals surface area contributed by atoms with Gasteiger partial charge in [0.1, 0.15) is 0 Å². The first-order valence-corrected chi connectivity index (χ1v) is 12.8. The molecule has 3 unspecified atom stereocenters. The second-order valence-electron chi connectivity index (χ2n) is 9.17. The number of rotatable bonds is 4. The number of amides is 2. The number of nitriles is 1. The Bertz CT molecular complexity index is 1050. The maximum atomic E-state index is 13.2. The molecule has 31 heavy (non-hydrogen) atoms. The van der Waals surface area contributed by atoms with Crippen LogP contribution in [0.2, 0.25) is 0 Å². The van der Waals surface area contributed by atoms with Crippen molar-refractivity contribution in [3.05, 3.63) is 39.8 Å². The molecule has 1 heterocycles. The molecule has 0 radical (unpaired) electrons. The summed E-state index contributed by atoms with van der Waals surface area (Å²) in [7, 11) is -3.31. The van der Waals surface area contributed by atoms with E-state index < -0.39 is 15.9 Å². The van der Waals surface area contributed by atoms with Gasteiger partial charge in [-0.25, -0.2) is 13.7 Å². The van der Waals surface area contributed by atoms with E-state index in [-0.39, 0.29) is 5.92 Å². The predicted octanol–water partition coefficient (Wildman–Crippen LogP) is 3.84. The van der Waals surface area contributed by atoms with Crippen molar-refractivity contribution >= 4 is 21.6 Å². The topological polar surface area (TPSA) is 104 Å². The number of ether oxygens (including phenoxy) is 1. The maximum absolute atomic E-state index is 13.2. The predicted molar refractivity (Wildman–Crippen MR) is 118 cm³/mol. The Morgan fingerprint density at radius 1 is 1.13 bits per heavy atom. The molecule has 7 nitrogen and oxygen atoms in total. The molecule has 3 atom stereocenters. The molecule has 2 N–H and O–H groups in total. The molecule has 4 aliphatic rings. The first kappa shape index (κ1) is 20.5. The molecule has 164 valence electrons. The number of hydrogen-bond donors (Lipinski definition) is 2. The summed E-state index contributed by atoms with van der Waals surface area (Å²) >= 11 is 0. The highest BCUT2D eigenvalue weighted by Crippen LogP contribution is 2.41. The second-order valence-corrected chi connectivity index (χ2v) is 11.0. The van der Waals surface area contributed by atoms with Crippen LogP contribution in [0.4, 0.5) is 10.5 Å². The van der Waals surface area contributed by atoms with Crippen molar-refractivity contribution in [2.24, 2.45) is 22.1 Å². The van der Waals surface area contributed by atoms with Crippen LogP contribution in [-0.2, 0) is 40.3 Å². The average molecular weight is 441 g/mol. The zero-order chi connectivity index (χ0) is 21.4. The summed E-state index contributed by atoms with van der Waals surface area (Å²) in [5.41, 5.74) is 5.92. The minimum absolute atomic E-state index is 0.277. The molecule has 1 aliphatic heterocycles. The van der Waals surface area contributed by atoms with Crippen molar-refractivity contribution in [3.8, 4) is 6.19 Å². The van der Waals surface area contributed by atoms with Crippen LogP contribution in [0.5, 0.6) is 0 Å². The zero-order valence-electron chi connectivity index (χ0n) is 17.6. The van der Waals surface area contributed by atoms with Crippen LogP contribution in [-0.4, -0.2) is 23.5 Å². The van der Waals surface area contributed by atoms with Crippen molar-refractivity contribution < 1.29 is 13.7 Å². The van der Waals surface area contributed by atoms with Gasteiger partial charge in [-0.05, 0) is 91.4 Å². The van der Waals surface area contributed by atoms with Crippen LogP contribution in [0.25, 0.3) is 0 Å². The lowest BCUT2D eigenvalue weighted by Crippen LogP contribution is -2.33. The first-order chi connectivity index (χ1) is 15.0. The van der Waals surface area contributed by atoms with E-state index in [1.54, 1.807) is 6.19 Å². The molecule has 2 fully saturated rings. The SMILES string of the molecule is N#CN=S(=O)(/C=C/C1CC2COCC2C1)NC(=O)Nc1c2c(cc3c1CCC3)CCC2. The lowest BCUT2D eigenvalue weighted by molar-refractivity contribution is 0.170. The Morgan fingerprint density at radius 3 is 2.39 bits per heavy atom. The van der Waals surface area contributed by atoms with Gasteiger partial charge >= 0.3 is 6.03 Å². The smallest absolute Gasteiger partial charge is 0.331 e. The van der Waals surface area contributed by atoms with Crippen LogP contribution in [0, 0.1) is 29.2 Å². The lowest BCUT2D eigenvalue weighted by atomic mass is 9.99. The molecule has 1 aromatic carbocycles. The van der Waals surface area contributed by atoms with Crippen molar-refractivity contribution in [1.29, 1.82) is 5.26 Å². The highest BCUT2D eigenvalue weighted by Gasteiger charge is 2.37. The fourth-order valence-electron chi connectivity index (χ4n) is 5.80. The minimum atomic E-state index is -3.31. The third-order valence-electron chi connectivity index (χ3n) is 7.20. The highest BCUT2D eigenvalue weighted by molar-refractivity contribution is 7.95. The molecule has 3 aliphatic carbocycles. The summed E-state index contributed by atoms with van der Waals surface area (Å²) in [5.74, 6) is 1.38. The van der Waals surface area contributed by atoms with Crippen LogP contribution in [0.3, 0.4) is 0 Å². The number of aryl methyl sites for hydroxylation is 2. The Morgan fingerprint density at radius 2 is 1.77 bits per heavy atom. The molecule has 0 spiro atoms. The van der Waals surface area contributed by atoms with Gasteiger partial charge in [-0.1, -0.05) is 16.5 Å². The number of nitrogens with one attached hydrogen (secondary N) is 2. The number of hydrogen-bond acceptors (Lipinski definition) is 5. The Hall–Kier alpha value is -2.37. The molecule has 2 amide bonds. The molecule has 5 rings (SSSR count). The molecular formula is C23H28N4O3S. The van der Waals surface area contributed by atoms with Gasteiger partial charge in [-0.3, -0.25) is 0 Å². The van der Waals surface area contributed by atoms with Crippen molar-refractivity contribution in [1.82, 2.24) is 4.72 Å². The van der Waals surface area contributed by atoms with Gasteiger partial charge in [0.2, 0.25) is 6.19 Å². The number of anilines is 1. The van der Waals surface area contributed by atoms with Crippen molar-refractivity contribution in [3.63, 3.8) is 0 Å². The van der Waals surface area contributed by atoms with Crippen LogP contribution >= 0.6 is 0 Å². The summed E-state index contributed by atoms with van der Waals surface area (Å²) in [6.07, 6.45) is 11.6. The van der Waals surface area contributed by atoms with Gasteiger partial charge in [0, 0.05) is 24.3 Å². The Labute approximate surface area is 183 Å². The molecule has 0 aromatic heterocycles. The standard InChI is InChI=1S/C23H28N4O3S/c24-14-25-31(29,8-7-15-9-18-12-30-13-19(18)10-15)27-23(28)26-22-20-5-1-3-16(20)11-17-4-2-6-21(17)22/h7-8,11,15,18-19H,1-6,9-10,12-13H2,(H2,25,26,27,28,29)/b8-7+. The van der Waals surface area contributed by atoms with Gasteiger partial charge in [-0.15, -0.1) is 0 Å². The number of benzene rings is 1. The monoisotopic (exact) mass is 440 g/mol. The highest BCUT2D eigenvalue weighted by atomic mass is 32.2. The Kier molecular flexibility index (Phi) is 5.49. The Balaban J connectivity index is 1.32. The van der Waals surface area contributed by atoms with E-state index in [4.69, 9.17) is 10.00 Å². The summed E-state index contributed by atoms with van der Waals surface area (Å²) < 4.78 is 24.7. The molecule has 1 aromatic rings. The van der Waals surface area contributed by atoms with E-state index in [0.29, 0.717) is 11.8 Å². The van der Waals surface area contributed by atoms with Crippen molar-refractivity contribution in [2.75, 3.05) is 18.5 Å². The zero-order valence-corrected chi connectivity index (χ0v) is 18.4. The maximum Gasteiger partial charge on any atom is 0.331 e. The molecule has 1 saturated carbocycles. The molecule has 0 bridgehead atoms. The quantitative estimate of drug-likeness (QED) is 0.694.